The van der Waals surface area contributed by atoms with Crippen molar-refractivity contribution in [2.45, 2.75) is 32.2 Å². The highest BCUT2D eigenvalue weighted by Gasteiger charge is 2.52. The maximum atomic E-state index is 2.39. The van der Waals surface area contributed by atoms with Gasteiger partial charge in [0.05, 0.1) is 0 Å². The third-order valence-corrected chi connectivity index (χ3v) is 4.30. The van der Waals surface area contributed by atoms with E-state index in [9.17, 15) is 0 Å². The van der Waals surface area contributed by atoms with Crippen LogP contribution in [0.25, 0.3) is 0 Å². The molecule has 0 bridgehead atoms. The van der Waals surface area contributed by atoms with Crippen molar-refractivity contribution in [1.82, 2.24) is 0 Å². The predicted molar refractivity (Wildman–Crippen MR) is 36.7 cm³/mol. The zero-order valence-corrected chi connectivity index (χ0v) is 7.71. The minimum Gasteiger partial charge on any atom is -0.0624 e. The number of rotatable bonds is 0. The Bertz CT molecular complexity index is 80.4. The molecule has 1 aliphatic rings. The van der Waals surface area contributed by atoms with Gasteiger partial charge in [-0.3, -0.25) is 0 Å². The SMILES string of the molecule is CC1(C)CC1(C)[SiH3]. The molecule has 0 amide bonds. The first-order valence-electron chi connectivity index (χ1n) is 2.96. The van der Waals surface area contributed by atoms with Crippen molar-refractivity contribution in [3.05, 3.63) is 0 Å². The first-order valence-corrected chi connectivity index (χ1v) is 3.96. The standard InChI is InChI=1S/C6H14Si/c1-5(2)4-6(5,3)7/h4H2,1-3,7H3. The topological polar surface area (TPSA) is 0 Å². The largest absolute Gasteiger partial charge is 0.0624 e. The molecule has 0 spiro atoms. The Kier molecular flexibility index (Phi) is 0.741. The van der Waals surface area contributed by atoms with E-state index in [4.69, 9.17) is 0 Å². The van der Waals surface area contributed by atoms with Gasteiger partial charge >= 0.3 is 0 Å². The van der Waals surface area contributed by atoms with Gasteiger partial charge in [-0.15, -0.1) is 0 Å². The van der Waals surface area contributed by atoms with E-state index in [1.807, 2.05) is 0 Å². The van der Waals surface area contributed by atoms with Crippen molar-refractivity contribution in [2.24, 2.45) is 5.41 Å². The minimum atomic E-state index is 0.708. The summed E-state index contributed by atoms with van der Waals surface area (Å²) in [6, 6.07) is 0. The van der Waals surface area contributed by atoms with E-state index in [1.54, 1.807) is 0 Å². The van der Waals surface area contributed by atoms with Crippen LogP contribution < -0.4 is 0 Å². The fourth-order valence-electron chi connectivity index (χ4n) is 1.06. The molecule has 0 saturated heterocycles. The Morgan fingerprint density at radius 2 is 1.43 bits per heavy atom. The lowest BCUT2D eigenvalue weighted by Crippen LogP contribution is -1.93. The van der Waals surface area contributed by atoms with Gasteiger partial charge in [0.25, 0.3) is 0 Å². The van der Waals surface area contributed by atoms with Crippen LogP contribution in [0.1, 0.15) is 27.2 Å². The molecule has 1 rings (SSSR count). The van der Waals surface area contributed by atoms with Gasteiger partial charge < -0.3 is 0 Å². The highest BCUT2D eigenvalue weighted by Crippen LogP contribution is 2.67. The summed E-state index contributed by atoms with van der Waals surface area (Å²) in [5.41, 5.74) is 0.708. The van der Waals surface area contributed by atoms with Gasteiger partial charge in [0.15, 0.2) is 0 Å². The van der Waals surface area contributed by atoms with E-state index in [0.717, 1.165) is 5.04 Å². The summed E-state index contributed by atoms with van der Waals surface area (Å²) in [5.74, 6) is 0. The van der Waals surface area contributed by atoms with E-state index in [0.29, 0.717) is 5.41 Å². The van der Waals surface area contributed by atoms with Crippen LogP contribution in [0.4, 0.5) is 0 Å². The molecule has 0 nitrogen and oxygen atoms in total. The number of hydrogen-bond donors (Lipinski definition) is 0. The molecule has 1 saturated carbocycles. The van der Waals surface area contributed by atoms with Crippen LogP contribution in [0.2, 0.25) is 5.04 Å². The molecular weight excluding hydrogens is 100 g/mol. The Morgan fingerprint density at radius 3 is 1.43 bits per heavy atom. The van der Waals surface area contributed by atoms with Crippen molar-refractivity contribution in [1.29, 1.82) is 0 Å². The summed E-state index contributed by atoms with van der Waals surface area (Å²) in [5, 5.41) is 0.785. The second kappa shape index (κ2) is 0.969. The summed E-state index contributed by atoms with van der Waals surface area (Å²) in [4.78, 5) is 0. The van der Waals surface area contributed by atoms with Crippen LogP contribution in [0, 0.1) is 5.41 Å². The lowest BCUT2D eigenvalue weighted by molar-refractivity contribution is 0.597. The summed E-state index contributed by atoms with van der Waals surface area (Å²) in [6.45, 7) is 7.11. The fourth-order valence-corrected chi connectivity index (χ4v) is 1.94. The van der Waals surface area contributed by atoms with E-state index in [-0.39, 0.29) is 0 Å². The summed E-state index contributed by atoms with van der Waals surface area (Å²) < 4.78 is 0. The zero-order valence-electron chi connectivity index (χ0n) is 5.71. The third kappa shape index (κ3) is 0.633. The van der Waals surface area contributed by atoms with Gasteiger partial charge in [-0.05, 0) is 16.9 Å². The smallest absolute Gasteiger partial charge is 0.0110 e. The second-order valence-corrected chi connectivity index (χ2v) is 6.15. The predicted octanol–water partition coefficient (Wildman–Crippen LogP) is 0.960. The lowest BCUT2D eigenvalue weighted by atomic mass is 10.1. The average Bonchev–Trinajstić information content (AvgIpc) is 1.63. The minimum absolute atomic E-state index is 0.708. The molecule has 1 unspecified atom stereocenters. The Labute approximate surface area is 48.7 Å². The van der Waals surface area contributed by atoms with Gasteiger partial charge in [0, 0.05) is 10.2 Å². The van der Waals surface area contributed by atoms with Crippen LogP contribution >= 0.6 is 0 Å². The average molecular weight is 114 g/mol. The first kappa shape index (κ1) is 5.36. The van der Waals surface area contributed by atoms with E-state index in [2.05, 4.69) is 20.8 Å². The van der Waals surface area contributed by atoms with Gasteiger partial charge in [-0.2, -0.15) is 0 Å². The quantitative estimate of drug-likeness (QED) is 0.411. The molecule has 0 aromatic heterocycles. The molecule has 42 valence electrons. The van der Waals surface area contributed by atoms with Gasteiger partial charge in [0.1, 0.15) is 0 Å². The molecule has 1 atom stereocenters. The normalized spacial score (nSPS) is 46.7. The van der Waals surface area contributed by atoms with Crippen LogP contribution in [-0.2, 0) is 0 Å². The third-order valence-electron chi connectivity index (χ3n) is 2.59. The fraction of sp³-hybridized carbons (Fsp3) is 1.00. The Hall–Kier alpha value is 0.217. The molecule has 0 radical (unpaired) electrons. The van der Waals surface area contributed by atoms with Gasteiger partial charge in [-0.1, -0.05) is 20.8 Å². The maximum Gasteiger partial charge on any atom is 0.0110 e. The maximum absolute atomic E-state index is 2.39. The monoisotopic (exact) mass is 114 g/mol. The van der Waals surface area contributed by atoms with E-state index >= 15 is 0 Å². The highest BCUT2D eigenvalue weighted by atomic mass is 28.1. The van der Waals surface area contributed by atoms with E-state index < -0.39 is 0 Å². The van der Waals surface area contributed by atoms with Crippen molar-refractivity contribution < 1.29 is 0 Å². The molecule has 0 N–H and O–H groups in total. The van der Waals surface area contributed by atoms with Crippen LogP contribution in [0.15, 0.2) is 0 Å². The molecule has 7 heavy (non-hydrogen) atoms. The number of hydrogen-bond acceptors (Lipinski definition) is 0. The first-order chi connectivity index (χ1) is 2.96. The molecule has 0 aromatic carbocycles. The molecule has 1 fully saturated rings. The second-order valence-electron chi connectivity index (χ2n) is 3.94. The van der Waals surface area contributed by atoms with E-state index in [1.165, 1.54) is 16.7 Å². The van der Waals surface area contributed by atoms with Crippen molar-refractivity contribution in [2.75, 3.05) is 0 Å². The lowest BCUT2D eigenvalue weighted by Gasteiger charge is -2.04. The Balaban J connectivity index is 2.59. The van der Waals surface area contributed by atoms with Crippen LogP contribution in [0.5, 0.6) is 0 Å². The van der Waals surface area contributed by atoms with Crippen molar-refractivity contribution in [3.63, 3.8) is 0 Å². The van der Waals surface area contributed by atoms with Crippen LogP contribution in [0.3, 0.4) is 0 Å². The molecular formula is C6H14Si. The zero-order chi connectivity index (χ0) is 5.71. The Morgan fingerprint density at radius 1 is 1.29 bits per heavy atom. The van der Waals surface area contributed by atoms with Crippen LogP contribution in [-0.4, -0.2) is 10.2 Å². The van der Waals surface area contributed by atoms with Crippen molar-refractivity contribution in [3.8, 4) is 0 Å². The summed E-state index contributed by atoms with van der Waals surface area (Å²) >= 11 is 0. The molecule has 1 aliphatic carbocycles. The molecule has 1 heteroatoms. The highest BCUT2D eigenvalue weighted by molar-refractivity contribution is 6.17. The molecule has 0 aromatic rings. The van der Waals surface area contributed by atoms with Crippen molar-refractivity contribution >= 4 is 10.2 Å². The van der Waals surface area contributed by atoms with Gasteiger partial charge in [-0.25, -0.2) is 0 Å². The van der Waals surface area contributed by atoms with Gasteiger partial charge in [0.2, 0.25) is 0 Å². The molecule has 0 aliphatic heterocycles. The summed E-state index contributed by atoms with van der Waals surface area (Å²) in [6.07, 6.45) is 1.46. The molecule has 0 heterocycles. The summed E-state index contributed by atoms with van der Waals surface area (Å²) in [7, 11) is 1.38.